The van der Waals surface area contributed by atoms with Crippen molar-refractivity contribution >= 4 is 21.8 Å². The normalized spacial score (nSPS) is 23.8. The Morgan fingerprint density at radius 2 is 2.08 bits per heavy atom. The van der Waals surface area contributed by atoms with Gasteiger partial charge in [-0.3, -0.25) is 9.59 Å². The molecule has 0 aromatic carbocycles. The van der Waals surface area contributed by atoms with E-state index in [4.69, 9.17) is 4.74 Å². The molecule has 2 aliphatic rings. The molecule has 24 heavy (non-hydrogen) atoms. The number of hydrogen-bond acceptors (Lipinski definition) is 5. The predicted octanol–water partition coefficient (Wildman–Crippen LogP) is -0.444. The fraction of sp³-hybridized carbons (Fsp3) is 0.867. The van der Waals surface area contributed by atoms with Crippen LogP contribution in [0.3, 0.4) is 0 Å². The highest BCUT2D eigenvalue weighted by Gasteiger charge is 2.26. The van der Waals surface area contributed by atoms with Gasteiger partial charge in [-0.25, -0.2) is 8.42 Å². The molecule has 0 aromatic heterocycles. The number of ether oxygens (including phenoxy) is 1. The minimum atomic E-state index is -3.24. The molecule has 2 saturated heterocycles. The number of sulfonamides is 1. The average molecular weight is 361 g/mol. The molecule has 9 heteroatoms. The van der Waals surface area contributed by atoms with Crippen LogP contribution in [0.2, 0.25) is 0 Å². The van der Waals surface area contributed by atoms with E-state index < -0.39 is 10.0 Å². The number of amides is 2. The highest BCUT2D eigenvalue weighted by atomic mass is 32.2. The summed E-state index contributed by atoms with van der Waals surface area (Å²) in [5.74, 6) is -0.0214. The molecule has 0 saturated carbocycles. The third-order valence-corrected chi connectivity index (χ3v) is 5.65. The second kappa shape index (κ2) is 8.77. The maximum absolute atomic E-state index is 12.0. The van der Waals surface area contributed by atoms with E-state index in [2.05, 4.69) is 5.32 Å². The van der Waals surface area contributed by atoms with Crippen molar-refractivity contribution in [2.45, 2.75) is 38.2 Å². The van der Waals surface area contributed by atoms with Crippen LogP contribution in [0.1, 0.15) is 32.1 Å². The summed E-state index contributed by atoms with van der Waals surface area (Å²) < 4.78 is 30.0. The standard InChI is InChI=1S/C15H27N3O5S/c1-24(21,22)18-9-10-23-13(12-18)11-16-14(19)6-8-17-7-4-2-3-5-15(17)20/h13H,2-12H2,1H3,(H,16,19). The smallest absolute Gasteiger partial charge is 0.222 e. The van der Waals surface area contributed by atoms with Gasteiger partial charge in [-0.05, 0) is 12.8 Å². The van der Waals surface area contributed by atoms with E-state index in [1.54, 1.807) is 4.90 Å². The van der Waals surface area contributed by atoms with Crippen molar-refractivity contribution < 1.29 is 22.7 Å². The molecule has 2 heterocycles. The van der Waals surface area contributed by atoms with Crippen LogP contribution in [0.25, 0.3) is 0 Å². The van der Waals surface area contributed by atoms with Crippen LogP contribution in [0.4, 0.5) is 0 Å². The Morgan fingerprint density at radius 3 is 2.83 bits per heavy atom. The number of carbonyl (C=O) groups excluding carboxylic acids is 2. The minimum Gasteiger partial charge on any atom is -0.374 e. The first-order valence-corrected chi connectivity index (χ1v) is 10.3. The van der Waals surface area contributed by atoms with Gasteiger partial charge in [-0.15, -0.1) is 0 Å². The number of carbonyl (C=O) groups is 2. The van der Waals surface area contributed by atoms with Gasteiger partial charge >= 0.3 is 0 Å². The van der Waals surface area contributed by atoms with Gasteiger partial charge in [0, 0.05) is 45.6 Å². The van der Waals surface area contributed by atoms with Crippen molar-refractivity contribution in [1.82, 2.24) is 14.5 Å². The summed E-state index contributed by atoms with van der Waals surface area (Å²) in [6, 6.07) is 0. The van der Waals surface area contributed by atoms with E-state index in [1.807, 2.05) is 0 Å². The Bertz CT molecular complexity index is 551. The zero-order chi connectivity index (χ0) is 17.6. The molecule has 1 unspecified atom stereocenters. The van der Waals surface area contributed by atoms with Crippen LogP contribution in [0.15, 0.2) is 0 Å². The van der Waals surface area contributed by atoms with E-state index in [1.165, 1.54) is 10.6 Å². The van der Waals surface area contributed by atoms with Crippen molar-refractivity contribution in [3.63, 3.8) is 0 Å². The van der Waals surface area contributed by atoms with Crippen molar-refractivity contribution in [2.24, 2.45) is 0 Å². The number of nitrogens with one attached hydrogen (secondary N) is 1. The molecule has 2 fully saturated rings. The SMILES string of the molecule is CS(=O)(=O)N1CCOC(CNC(=O)CCN2CCCCCC2=O)C1. The largest absolute Gasteiger partial charge is 0.374 e. The monoisotopic (exact) mass is 361 g/mol. The summed E-state index contributed by atoms with van der Waals surface area (Å²) in [5, 5.41) is 2.77. The first-order valence-electron chi connectivity index (χ1n) is 8.47. The highest BCUT2D eigenvalue weighted by molar-refractivity contribution is 7.88. The summed E-state index contributed by atoms with van der Waals surface area (Å²) in [4.78, 5) is 25.6. The maximum atomic E-state index is 12.0. The molecule has 2 amide bonds. The van der Waals surface area contributed by atoms with Crippen LogP contribution in [-0.2, 0) is 24.3 Å². The zero-order valence-electron chi connectivity index (χ0n) is 14.2. The average Bonchev–Trinajstić information content (AvgIpc) is 2.75. The van der Waals surface area contributed by atoms with Gasteiger partial charge in [0.05, 0.1) is 19.0 Å². The van der Waals surface area contributed by atoms with Crippen molar-refractivity contribution in [3.8, 4) is 0 Å². The van der Waals surface area contributed by atoms with E-state index >= 15 is 0 Å². The predicted molar refractivity (Wildman–Crippen MR) is 88.8 cm³/mol. The first-order chi connectivity index (χ1) is 11.4. The van der Waals surface area contributed by atoms with Crippen LogP contribution in [0.5, 0.6) is 0 Å². The molecular formula is C15H27N3O5S. The van der Waals surface area contributed by atoms with E-state index in [0.717, 1.165) is 25.8 Å². The topological polar surface area (TPSA) is 96.0 Å². The second-order valence-corrected chi connectivity index (χ2v) is 8.34. The third-order valence-electron chi connectivity index (χ3n) is 4.38. The Balaban J connectivity index is 1.70. The quantitative estimate of drug-likeness (QED) is 0.692. The van der Waals surface area contributed by atoms with Crippen LogP contribution < -0.4 is 5.32 Å². The fourth-order valence-electron chi connectivity index (χ4n) is 2.94. The summed E-state index contributed by atoms with van der Waals surface area (Å²) in [6.07, 6.45) is 4.64. The fourth-order valence-corrected chi connectivity index (χ4v) is 3.79. The molecule has 2 rings (SSSR count). The van der Waals surface area contributed by atoms with Crippen molar-refractivity contribution in [3.05, 3.63) is 0 Å². The lowest BCUT2D eigenvalue weighted by molar-refractivity contribution is -0.131. The third kappa shape index (κ3) is 6.03. The Morgan fingerprint density at radius 1 is 1.29 bits per heavy atom. The molecule has 138 valence electrons. The van der Waals surface area contributed by atoms with Gasteiger partial charge in [0.25, 0.3) is 0 Å². The van der Waals surface area contributed by atoms with Crippen molar-refractivity contribution in [1.29, 1.82) is 0 Å². The summed E-state index contributed by atoms with van der Waals surface area (Å²) >= 11 is 0. The summed E-state index contributed by atoms with van der Waals surface area (Å²) in [5.41, 5.74) is 0. The molecule has 0 bridgehead atoms. The van der Waals surface area contributed by atoms with Crippen molar-refractivity contribution in [2.75, 3.05) is 45.6 Å². The van der Waals surface area contributed by atoms with Gasteiger partial charge < -0.3 is 15.0 Å². The first kappa shape index (κ1) is 19.1. The summed E-state index contributed by atoms with van der Waals surface area (Å²) in [6.45, 7) is 2.37. The van der Waals surface area contributed by atoms with E-state index in [-0.39, 0.29) is 37.4 Å². The van der Waals surface area contributed by atoms with Gasteiger partial charge in [0.1, 0.15) is 0 Å². The number of hydrogen-bond donors (Lipinski definition) is 1. The lowest BCUT2D eigenvalue weighted by atomic mass is 10.2. The number of rotatable bonds is 6. The Hall–Kier alpha value is -1.19. The maximum Gasteiger partial charge on any atom is 0.222 e. The lowest BCUT2D eigenvalue weighted by Crippen LogP contribution is -2.49. The second-order valence-electron chi connectivity index (χ2n) is 6.36. The van der Waals surface area contributed by atoms with Crippen LogP contribution in [0, 0.1) is 0 Å². The zero-order valence-corrected chi connectivity index (χ0v) is 15.0. The van der Waals surface area contributed by atoms with E-state index in [9.17, 15) is 18.0 Å². The lowest BCUT2D eigenvalue weighted by Gasteiger charge is -2.31. The number of morpholine rings is 1. The Kier molecular flexibility index (Phi) is 7.00. The molecule has 0 spiro atoms. The molecule has 1 atom stereocenters. The van der Waals surface area contributed by atoms with Crippen LogP contribution >= 0.6 is 0 Å². The molecule has 0 aromatic rings. The number of likely N-dealkylation sites (tertiary alicyclic amines) is 1. The minimum absolute atomic E-state index is 0.125. The van der Waals surface area contributed by atoms with Crippen LogP contribution in [-0.4, -0.2) is 81.1 Å². The van der Waals surface area contributed by atoms with E-state index in [0.29, 0.717) is 26.1 Å². The molecule has 1 N–H and O–H groups in total. The molecule has 8 nitrogen and oxygen atoms in total. The van der Waals surface area contributed by atoms with Gasteiger partial charge in [0.15, 0.2) is 0 Å². The van der Waals surface area contributed by atoms with Gasteiger partial charge in [-0.1, -0.05) is 6.42 Å². The number of nitrogens with zero attached hydrogens (tertiary/aromatic N) is 2. The molecule has 2 aliphatic heterocycles. The summed E-state index contributed by atoms with van der Waals surface area (Å²) in [7, 11) is -3.24. The molecule has 0 aliphatic carbocycles. The Labute approximate surface area is 143 Å². The van der Waals surface area contributed by atoms with Gasteiger partial charge in [-0.2, -0.15) is 4.31 Å². The molecular weight excluding hydrogens is 334 g/mol. The molecule has 0 radical (unpaired) electrons. The van der Waals surface area contributed by atoms with Gasteiger partial charge in [0.2, 0.25) is 21.8 Å². The highest BCUT2D eigenvalue weighted by Crippen LogP contribution is 2.11.